The molecule has 0 unspecified atom stereocenters. The second-order valence-corrected chi connectivity index (χ2v) is 6.56. The summed E-state index contributed by atoms with van der Waals surface area (Å²) in [6.07, 6.45) is 0. The molecule has 0 atom stereocenters. The average molecular weight is 401 g/mol. The van der Waals surface area contributed by atoms with E-state index in [2.05, 4.69) is 10.3 Å². The molecule has 1 amide bonds. The highest BCUT2D eigenvalue weighted by Crippen LogP contribution is 2.22. The van der Waals surface area contributed by atoms with Crippen molar-refractivity contribution in [3.8, 4) is 17.3 Å². The molecule has 9 heteroatoms. The highest BCUT2D eigenvalue weighted by Gasteiger charge is 2.13. The minimum atomic E-state index is -0.546. The lowest BCUT2D eigenvalue weighted by Gasteiger charge is -2.12. The minimum absolute atomic E-state index is 0.0612. The molecule has 28 heavy (non-hydrogen) atoms. The van der Waals surface area contributed by atoms with Crippen molar-refractivity contribution in [2.24, 2.45) is 0 Å². The van der Waals surface area contributed by atoms with Gasteiger partial charge in [0.05, 0.1) is 24.6 Å². The first-order chi connectivity index (χ1) is 13.5. The number of anilines is 1. The maximum absolute atomic E-state index is 13.2. The van der Waals surface area contributed by atoms with E-state index in [0.717, 1.165) is 17.8 Å². The quantitative estimate of drug-likeness (QED) is 0.487. The number of methoxy groups -OCH3 is 1. The summed E-state index contributed by atoms with van der Waals surface area (Å²) < 4.78 is 19.5. The number of aromatic nitrogens is 2. The van der Waals surface area contributed by atoms with Gasteiger partial charge in [-0.25, -0.2) is 4.39 Å². The van der Waals surface area contributed by atoms with Crippen LogP contribution in [0.4, 0.5) is 10.1 Å². The Kier molecular flexibility index (Phi) is 5.95. The van der Waals surface area contributed by atoms with Crippen LogP contribution in [0.15, 0.2) is 64.5 Å². The van der Waals surface area contributed by atoms with Crippen LogP contribution >= 0.6 is 11.8 Å². The average Bonchev–Trinajstić information content (AvgIpc) is 2.67. The van der Waals surface area contributed by atoms with Gasteiger partial charge in [0.25, 0.3) is 5.56 Å². The Hall–Kier alpha value is -3.33. The fraction of sp³-hybridized carbons (Fsp3) is 0.105. The van der Waals surface area contributed by atoms with Gasteiger partial charge in [0.15, 0.2) is 5.16 Å². The van der Waals surface area contributed by atoms with Gasteiger partial charge >= 0.3 is 0 Å². The predicted octanol–water partition coefficient (Wildman–Crippen LogP) is 2.82. The molecule has 3 aromatic rings. The smallest absolute Gasteiger partial charge is 0.262 e. The standard InChI is InChI=1S/C19H16FN3O4S/c1-27-15-4-2-3-13(9-15)21-17(25)11-28-19-22-16(24)10-18(26)23(19)14-7-5-12(20)6-8-14/h2-10,24H,11H2,1H3,(H,21,25). The van der Waals surface area contributed by atoms with Crippen molar-refractivity contribution in [1.82, 2.24) is 9.55 Å². The van der Waals surface area contributed by atoms with Crippen molar-refractivity contribution in [3.63, 3.8) is 0 Å². The molecule has 0 saturated heterocycles. The van der Waals surface area contributed by atoms with Gasteiger partial charge < -0.3 is 15.2 Å². The Labute approximate surface area is 163 Å². The van der Waals surface area contributed by atoms with Crippen molar-refractivity contribution < 1.29 is 19.0 Å². The summed E-state index contributed by atoms with van der Waals surface area (Å²) in [5.41, 5.74) is 0.383. The summed E-state index contributed by atoms with van der Waals surface area (Å²) >= 11 is 0.967. The third kappa shape index (κ3) is 4.68. The predicted molar refractivity (Wildman–Crippen MR) is 104 cm³/mol. The Morgan fingerprint density at radius 1 is 1.25 bits per heavy atom. The van der Waals surface area contributed by atoms with E-state index in [4.69, 9.17) is 4.74 Å². The van der Waals surface area contributed by atoms with Crippen LogP contribution < -0.4 is 15.6 Å². The highest BCUT2D eigenvalue weighted by atomic mass is 32.2. The normalized spacial score (nSPS) is 10.5. The molecule has 0 spiro atoms. The number of benzene rings is 2. The zero-order valence-electron chi connectivity index (χ0n) is 14.8. The van der Waals surface area contributed by atoms with Crippen LogP contribution in [0.5, 0.6) is 11.6 Å². The largest absolute Gasteiger partial charge is 0.497 e. The number of amides is 1. The fourth-order valence-electron chi connectivity index (χ4n) is 2.40. The number of carbonyl (C=O) groups is 1. The molecule has 1 heterocycles. The van der Waals surface area contributed by atoms with E-state index in [-0.39, 0.29) is 16.8 Å². The number of rotatable bonds is 6. The minimum Gasteiger partial charge on any atom is -0.497 e. The van der Waals surface area contributed by atoms with Crippen molar-refractivity contribution >= 4 is 23.4 Å². The van der Waals surface area contributed by atoms with Gasteiger partial charge in [0, 0.05) is 11.8 Å². The van der Waals surface area contributed by atoms with E-state index in [0.29, 0.717) is 17.1 Å². The second kappa shape index (κ2) is 8.57. The van der Waals surface area contributed by atoms with Gasteiger partial charge in [-0.3, -0.25) is 14.2 Å². The molecule has 2 N–H and O–H groups in total. The van der Waals surface area contributed by atoms with Crippen LogP contribution in [0.2, 0.25) is 0 Å². The summed E-state index contributed by atoms with van der Waals surface area (Å²) in [7, 11) is 1.53. The molecular weight excluding hydrogens is 385 g/mol. The number of nitrogens with one attached hydrogen (secondary N) is 1. The second-order valence-electron chi connectivity index (χ2n) is 5.62. The molecule has 0 aliphatic carbocycles. The SMILES string of the molecule is COc1cccc(NC(=O)CSc2nc(O)cc(=O)n2-c2ccc(F)cc2)c1. The Bertz CT molecular complexity index is 1050. The first-order valence-corrected chi connectivity index (χ1v) is 9.10. The lowest BCUT2D eigenvalue weighted by Crippen LogP contribution is -2.21. The molecule has 1 aromatic heterocycles. The van der Waals surface area contributed by atoms with Crippen molar-refractivity contribution in [1.29, 1.82) is 0 Å². The number of aromatic hydroxyl groups is 1. The van der Waals surface area contributed by atoms with Crippen LogP contribution in [0.25, 0.3) is 5.69 Å². The van der Waals surface area contributed by atoms with Gasteiger partial charge in [0.2, 0.25) is 11.8 Å². The third-order valence-corrected chi connectivity index (χ3v) is 4.58. The van der Waals surface area contributed by atoms with Crippen LogP contribution in [-0.2, 0) is 4.79 Å². The van der Waals surface area contributed by atoms with Crippen molar-refractivity contribution in [3.05, 3.63) is 70.8 Å². The first-order valence-electron chi connectivity index (χ1n) is 8.12. The maximum Gasteiger partial charge on any atom is 0.262 e. The van der Waals surface area contributed by atoms with Gasteiger partial charge in [-0.05, 0) is 36.4 Å². The third-order valence-electron chi connectivity index (χ3n) is 3.65. The van der Waals surface area contributed by atoms with E-state index in [9.17, 15) is 19.1 Å². The number of thioether (sulfide) groups is 1. The van der Waals surface area contributed by atoms with Crippen molar-refractivity contribution in [2.75, 3.05) is 18.2 Å². The number of nitrogens with zero attached hydrogens (tertiary/aromatic N) is 2. The summed E-state index contributed by atoms with van der Waals surface area (Å²) in [4.78, 5) is 28.5. The molecule has 0 aliphatic rings. The lowest BCUT2D eigenvalue weighted by molar-refractivity contribution is -0.113. The molecular formula is C19H16FN3O4S. The molecule has 7 nitrogen and oxygen atoms in total. The van der Waals surface area contributed by atoms with Gasteiger partial charge in [-0.15, -0.1) is 0 Å². The molecule has 0 fully saturated rings. The lowest BCUT2D eigenvalue weighted by atomic mass is 10.3. The summed E-state index contributed by atoms with van der Waals surface area (Å²) in [6, 6.07) is 13.1. The van der Waals surface area contributed by atoms with Gasteiger partial charge in [0.1, 0.15) is 11.6 Å². The molecule has 2 aromatic carbocycles. The number of ether oxygens (including phenoxy) is 1. The summed E-state index contributed by atoms with van der Waals surface area (Å²) in [6.45, 7) is 0. The summed E-state index contributed by atoms with van der Waals surface area (Å²) in [5.74, 6) is -0.699. The first kappa shape index (κ1) is 19.4. The van der Waals surface area contributed by atoms with Crippen molar-refractivity contribution in [2.45, 2.75) is 5.16 Å². The van der Waals surface area contributed by atoms with E-state index >= 15 is 0 Å². The monoisotopic (exact) mass is 401 g/mol. The van der Waals surface area contributed by atoms with Crippen LogP contribution in [-0.4, -0.2) is 33.4 Å². The molecule has 3 rings (SSSR count). The summed E-state index contributed by atoms with van der Waals surface area (Å²) in [5, 5.41) is 12.5. The number of carbonyl (C=O) groups excluding carboxylic acids is 1. The number of hydrogen-bond donors (Lipinski definition) is 2. The Morgan fingerprint density at radius 2 is 2.00 bits per heavy atom. The van der Waals surface area contributed by atoms with Gasteiger partial charge in [-0.2, -0.15) is 4.98 Å². The molecule has 0 radical (unpaired) electrons. The van der Waals surface area contributed by atoms with Crippen LogP contribution in [0.1, 0.15) is 0 Å². The van der Waals surface area contributed by atoms with E-state index in [1.54, 1.807) is 24.3 Å². The van der Waals surface area contributed by atoms with E-state index < -0.39 is 17.3 Å². The zero-order valence-corrected chi connectivity index (χ0v) is 15.6. The number of hydrogen-bond acceptors (Lipinski definition) is 6. The Balaban J connectivity index is 1.79. The van der Waals surface area contributed by atoms with Crippen LogP contribution in [0.3, 0.4) is 0 Å². The fourth-order valence-corrected chi connectivity index (χ4v) is 3.22. The molecule has 0 bridgehead atoms. The molecule has 0 aliphatic heterocycles. The maximum atomic E-state index is 13.2. The number of halogens is 1. The zero-order chi connectivity index (χ0) is 20.1. The van der Waals surface area contributed by atoms with E-state index in [1.807, 2.05) is 0 Å². The highest BCUT2D eigenvalue weighted by molar-refractivity contribution is 7.99. The van der Waals surface area contributed by atoms with E-state index in [1.165, 1.54) is 35.9 Å². The molecule has 0 saturated carbocycles. The molecule has 144 valence electrons. The van der Waals surface area contributed by atoms with Gasteiger partial charge in [-0.1, -0.05) is 17.8 Å². The van der Waals surface area contributed by atoms with Crippen LogP contribution in [0, 0.1) is 5.82 Å². The Morgan fingerprint density at radius 3 is 2.71 bits per heavy atom. The topological polar surface area (TPSA) is 93.5 Å².